The van der Waals surface area contributed by atoms with Crippen LogP contribution >= 0.6 is 0 Å². The Kier molecular flexibility index (Phi) is 5.26. The molecule has 0 fully saturated rings. The molecule has 6 heteroatoms. The molecule has 2 aromatic rings. The monoisotopic (exact) mass is 290 g/mol. The predicted octanol–water partition coefficient (Wildman–Crippen LogP) is 2.38. The van der Waals surface area contributed by atoms with Gasteiger partial charge < -0.3 is 5.73 Å². The Morgan fingerprint density at radius 3 is 1.90 bits per heavy atom. The summed E-state index contributed by atoms with van der Waals surface area (Å²) >= 11 is 0. The highest BCUT2D eigenvalue weighted by molar-refractivity contribution is 7.85. The molecular formula is C14H14N2O3S. The van der Waals surface area contributed by atoms with Crippen LogP contribution in [-0.2, 0) is 10.1 Å². The van der Waals surface area contributed by atoms with E-state index >= 15 is 0 Å². The molecule has 0 radical (unpaired) electrons. The maximum Gasteiger partial charge on any atom is 0.294 e. The molecule has 0 spiro atoms. The standard InChI is InChI=1S/C7H5NO3S.C7H9N/c8-5-6-1-3-7(4-2-6)12(9,10)11;1-6-2-4-7(8)5-3-6/h1-4H,(H,9,10,11);2-5H,8H2,1H3. The molecule has 2 aromatic carbocycles. The Labute approximate surface area is 118 Å². The largest absolute Gasteiger partial charge is 0.399 e. The molecule has 20 heavy (non-hydrogen) atoms. The highest BCUT2D eigenvalue weighted by Crippen LogP contribution is 2.08. The van der Waals surface area contributed by atoms with Gasteiger partial charge in [-0.15, -0.1) is 0 Å². The van der Waals surface area contributed by atoms with Crippen molar-refractivity contribution in [3.05, 3.63) is 59.7 Å². The van der Waals surface area contributed by atoms with E-state index in [-0.39, 0.29) is 4.90 Å². The molecule has 0 heterocycles. The minimum atomic E-state index is -4.14. The van der Waals surface area contributed by atoms with Crippen LogP contribution in [0.2, 0.25) is 0 Å². The van der Waals surface area contributed by atoms with Gasteiger partial charge in [-0.3, -0.25) is 4.55 Å². The van der Waals surface area contributed by atoms with Crippen LogP contribution in [0.25, 0.3) is 0 Å². The van der Waals surface area contributed by atoms with Gasteiger partial charge in [-0.05, 0) is 43.3 Å². The van der Waals surface area contributed by atoms with E-state index in [9.17, 15) is 8.42 Å². The number of anilines is 1. The van der Waals surface area contributed by atoms with Gasteiger partial charge in [-0.2, -0.15) is 13.7 Å². The van der Waals surface area contributed by atoms with Gasteiger partial charge in [0.1, 0.15) is 0 Å². The Balaban J connectivity index is 0.000000217. The van der Waals surface area contributed by atoms with Gasteiger partial charge in [0.05, 0.1) is 16.5 Å². The van der Waals surface area contributed by atoms with Gasteiger partial charge in [0, 0.05) is 5.69 Å². The number of aryl methyl sites for hydroxylation is 1. The lowest BCUT2D eigenvalue weighted by molar-refractivity contribution is 0.483. The zero-order valence-electron chi connectivity index (χ0n) is 10.8. The number of nitrogen functional groups attached to an aromatic ring is 1. The minimum Gasteiger partial charge on any atom is -0.399 e. The van der Waals surface area contributed by atoms with Crippen LogP contribution < -0.4 is 5.73 Å². The first-order valence-electron chi connectivity index (χ1n) is 5.63. The number of benzene rings is 2. The summed E-state index contributed by atoms with van der Waals surface area (Å²) in [6.07, 6.45) is 0. The summed E-state index contributed by atoms with van der Waals surface area (Å²) in [7, 11) is -4.14. The van der Waals surface area contributed by atoms with Gasteiger partial charge in [0.15, 0.2) is 0 Å². The fourth-order valence-electron chi connectivity index (χ4n) is 1.27. The summed E-state index contributed by atoms with van der Waals surface area (Å²) < 4.78 is 29.6. The molecule has 3 N–H and O–H groups in total. The van der Waals surface area contributed by atoms with E-state index in [1.165, 1.54) is 29.8 Å². The van der Waals surface area contributed by atoms with Crippen LogP contribution in [0.5, 0.6) is 0 Å². The van der Waals surface area contributed by atoms with Crippen molar-refractivity contribution < 1.29 is 13.0 Å². The Morgan fingerprint density at radius 2 is 1.55 bits per heavy atom. The van der Waals surface area contributed by atoms with E-state index in [2.05, 4.69) is 0 Å². The van der Waals surface area contributed by atoms with Crippen LogP contribution in [0.3, 0.4) is 0 Å². The molecule has 2 rings (SSSR count). The van der Waals surface area contributed by atoms with E-state index in [0.717, 1.165) is 5.69 Å². The van der Waals surface area contributed by atoms with Crippen LogP contribution in [0, 0.1) is 18.3 Å². The smallest absolute Gasteiger partial charge is 0.294 e. The summed E-state index contributed by atoms with van der Waals surface area (Å²) in [4.78, 5) is -0.207. The van der Waals surface area contributed by atoms with Gasteiger partial charge in [0.25, 0.3) is 10.1 Å². The average Bonchev–Trinajstić information content (AvgIpc) is 2.42. The van der Waals surface area contributed by atoms with Crippen molar-refractivity contribution in [1.29, 1.82) is 5.26 Å². The number of nitrogens with two attached hydrogens (primary N) is 1. The molecule has 0 aromatic heterocycles. The fourth-order valence-corrected chi connectivity index (χ4v) is 1.75. The first-order chi connectivity index (χ1) is 9.32. The summed E-state index contributed by atoms with van der Waals surface area (Å²) in [5.74, 6) is 0. The van der Waals surface area contributed by atoms with Crippen molar-refractivity contribution in [2.75, 3.05) is 5.73 Å². The molecule has 0 unspecified atom stereocenters. The predicted molar refractivity (Wildman–Crippen MR) is 76.6 cm³/mol. The number of nitriles is 1. The molecule has 0 amide bonds. The molecule has 0 atom stereocenters. The SMILES string of the molecule is Cc1ccc(N)cc1.N#Cc1ccc(S(=O)(=O)O)cc1. The van der Waals surface area contributed by atoms with Crippen molar-refractivity contribution in [2.45, 2.75) is 11.8 Å². The molecule has 0 saturated carbocycles. The van der Waals surface area contributed by atoms with Crippen molar-refractivity contribution >= 4 is 15.8 Å². The molecule has 0 aliphatic rings. The van der Waals surface area contributed by atoms with Gasteiger partial charge in [-0.25, -0.2) is 0 Å². The lowest BCUT2D eigenvalue weighted by Crippen LogP contribution is -1.97. The van der Waals surface area contributed by atoms with Crippen LogP contribution in [0.1, 0.15) is 11.1 Å². The quantitative estimate of drug-likeness (QED) is 0.619. The number of hydrogen-bond acceptors (Lipinski definition) is 4. The third-order valence-electron chi connectivity index (χ3n) is 2.36. The van der Waals surface area contributed by atoms with Crippen molar-refractivity contribution in [2.24, 2.45) is 0 Å². The van der Waals surface area contributed by atoms with Crippen molar-refractivity contribution in [3.8, 4) is 6.07 Å². The Bertz CT molecular complexity index is 679. The zero-order chi connectivity index (χ0) is 15.2. The Morgan fingerprint density at radius 1 is 1.05 bits per heavy atom. The molecular weight excluding hydrogens is 276 g/mol. The van der Waals surface area contributed by atoms with Gasteiger partial charge in [-0.1, -0.05) is 17.7 Å². The van der Waals surface area contributed by atoms with E-state index in [0.29, 0.717) is 5.56 Å². The molecule has 5 nitrogen and oxygen atoms in total. The highest BCUT2D eigenvalue weighted by Gasteiger charge is 2.07. The molecule has 0 aliphatic carbocycles. The third-order valence-corrected chi connectivity index (χ3v) is 3.23. The second kappa shape index (κ2) is 6.70. The second-order valence-corrected chi connectivity index (χ2v) is 5.44. The highest BCUT2D eigenvalue weighted by atomic mass is 32.2. The molecule has 104 valence electrons. The summed E-state index contributed by atoms with van der Waals surface area (Å²) in [5, 5.41) is 8.37. The van der Waals surface area contributed by atoms with Crippen molar-refractivity contribution in [1.82, 2.24) is 0 Å². The van der Waals surface area contributed by atoms with Gasteiger partial charge >= 0.3 is 0 Å². The summed E-state index contributed by atoms with van der Waals surface area (Å²) in [5.41, 5.74) is 7.85. The van der Waals surface area contributed by atoms with Crippen LogP contribution in [-0.4, -0.2) is 13.0 Å². The summed E-state index contributed by atoms with van der Waals surface area (Å²) in [6, 6.07) is 14.6. The number of rotatable bonds is 1. The second-order valence-electron chi connectivity index (χ2n) is 4.02. The molecule has 0 aliphatic heterocycles. The van der Waals surface area contributed by atoms with E-state index in [1.807, 2.05) is 37.3 Å². The number of hydrogen-bond donors (Lipinski definition) is 2. The van der Waals surface area contributed by atoms with E-state index < -0.39 is 10.1 Å². The average molecular weight is 290 g/mol. The Hall–Kier alpha value is -2.36. The third kappa shape index (κ3) is 5.10. The van der Waals surface area contributed by atoms with E-state index in [4.69, 9.17) is 15.5 Å². The first kappa shape index (κ1) is 15.7. The fraction of sp³-hybridized carbons (Fsp3) is 0.0714. The lowest BCUT2D eigenvalue weighted by Gasteiger charge is -1.94. The minimum absolute atomic E-state index is 0.207. The summed E-state index contributed by atoms with van der Waals surface area (Å²) in [6.45, 7) is 2.04. The van der Waals surface area contributed by atoms with Crippen molar-refractivity contribution in [3.63, 3.8) is 0 Å². The maximum atomic E-state index is 10.5. The van der Waals surface area contributed by atoms with E-state index in [1.54, 1.807) is 0 Å². The maximum absolute atomic E-state index is 10.5. The zero-order valence-corrected chi connectivity index (χ0v) is 11.6. The van der Waals surface area contributed by atoms with Crippen LogP contribution in [0.15, 0.2) is 53.4 Å². The van der Waals surface area contributed by atoms with Gasteiger partial charge in [0.2, 0.25) is 0 Å². The normalized spacial score (nSPS) is 10.1. The van der Waals surface area contributed by atoms with Crippen LogP contribution in [0.4, 0.5) is 5.69 Å². The first-order valence-corrected chi connectivity index (χ1v) is 7.07. The lowest BCUT2D eigenvalue weighted by atomic mass is 10.2. The number of nitrogens with zero attached hydrogens (tertiary/aromatic N) is 1. The molecule has 0 bridgehead atoms. The topological polar surface area (TPSA) is 104 Å². The molecule has 0 saturated heterocycles.